The van der Waals surface area contributed by atoms with Crippen molar-refractivity contribution < 1.29 is 17.2 Å². The minimum Gasteiger partial charge on any atom is -0.277 e. The zero-order chi connectivity index (χ0) is 16.4. The van der Waals surface area contributed by atoms with Gasteiger partial charge in [-0.1, -0.05) is 12.1 Å². The topological polar surface area (TPSA) is 76.9 Å². The fourth-order valence-corrected chi connectivity index (χ4v) is 3.12. The van der Waals surface area contributed by atoms with Gasteiger partial charge in [0.2, 0.25) is 0 Å². The summed E-state index contributed by atoms with van der Waals surface area (Å²) in [5.41, 5.74) is 0.595. The molecule has 3 rings (SSSR count). The fraction of sp³-hybridized carbons (Fsp3) is 0. The van der Waals surface area contributed by atoms with Crippen LogP contribution in [0.25, 0.3) is 5.69 Å². The van der Waals surface area contributed by atoms with Crippen molar-refractivity contribution in [3.63, 3.8) is 0 Å². The Morgan fingerprint density at radius 2 is 1.87 bits per heavy atom. The highest BCUT2D eigenvalue weighted by Crippen LogP contribution is 2.24. The molecule has 0 aliphatic carbocycles. The third-order valence-electron chi connectivity index (χ3n) is 3.00. The number of benzene rings is 2. The maximum absolute atomic E-state index is 13.7. The molecule has 0 unspecified atom stereocenters. The van der Waals surface area contributed by atoms with Crippen molar-refractivity contribution in [3.05, 3.63) is 66.8 Å². The lowest BCUT2D eigenvalue weighted by atomic mass is 10.3. The van der Waals surface area contributed by atoms with Gasteiger partial charge in [-0.3, -0.25) is 4.72 Å². The van der Waals surface area contributed by atoms with Gasteiger partial charge in [0, 0.05) is 6.07 Å². The zero-order valence-corrected chi connectivity index (χ0v) is 12.3. The Kier molecular flexibility index (Phi) is 3.78. The fourth-order valence-electron chi connectivity index (χ4n) is 1.99. The number of rotatable bonds is 4. The monoisotopic (exact) mass is 336 g/mol. The molecule has 1 N–H and O–H groups in total. The third-order valence-corrected chi connectivity index (χ3v) is 4.40. The standard InChI is InChI=1S/C14H10F2N4O2S/c15-10-5-6-14(11(16)7-10)23(21,22)19-12-3-1-2-4-13(12)20-9-17-8-18-20/h1-9,19H. The molecule has 23 heavy (non-hydrogen) atoms. The van der Waals surface area contributed by atoms with E-state index in [4.69, 9.17) is 0 Å². The normalized spacial score (nSPS) is 11.4. The molecule has 0 radical (unpaired) electrons. The summed E-state index contributed by atoms with van der Waals surface area (Å²) in [5, 5.41) is 3.93. The number of halogens is 2. The van der Waals surface area contributed by atoms with Crippen LogP contribution in [0.2, 0.25) is 0 Å². The molecular formula is C14H10F2N4O2S. The zero-order valence-electron chi connectivity index (χ0n) is 11.5. The molecule has 1 aromatic heterocycles. The summed E-state index contributed by atoms with van der Waals surface area (Å²) in [4.78, 5) is 3.15. The Balaban J connectivity index is 2.02. The summed E-state index contributed by atoms with van der Waals surface area (Å²) in [7, 11) is -4.23. The molecule has 0 saturated heterocycles. The number of para-hydroxylation sites is 2. The number of hydrogen-bond acceptors (Lipinski definition) is 4. The molecule has 0 fully saturated rings. The lowest BCUT2D eigenvalue weighted by Crippen LogP contribution is -2.16. The van der Waals surface area contributed by atoms with E-state index in [2.05, 4.69) is 14.8 Å². The van der Waals surface area contributed by atoms with Crippen molar-refractivity contribution >= 4 is 15.7 Å². The van der Waals surface area contributed by atoms with E-state index in [1.54, 1.807) is 18.2 Å². The molecule has 0 aliphatic rings. The lowest BCUT2D eigenvalue weighted by molar-refractivity contribution is 0.551. The van der Waals surface area contributed by atoms with Crippen molar-refractivity contribution in [1.82, 2.24) is 14.8 Å². The van der Waals surface area contributed by atoms with E-state index in [-0.39, 0.29) is 5.69 Å². The first-order valence-corrected chi connectivity index (χ1v) is 7.87. The van der Waals surface area contributed by atoms with Gasteiger partial charge < -0.3 is 0 Å². The van der Waals surface area contributed by atoms with Crippen molar-refractivity contribution in [2.24, 2.45) is 0 Å². The summed E-state index contributed by atoms with van der Waals surface area (Å²) in [6.07, 6.45) is 2.69. The van der Waals surface area contributed by atoms with Crippen LogP contribution >= 0.6 is 0 Å². The average molecular weight is 336 g/mol. The SMILES string of the molecule is O=S(=O)(Nc1ccccc1-n1cncn1)c1ccc(F)cc1F. The number of nitrogens with one attached hydrogen (secondary N) is 1. The van der Waals surface area contributed by atoms with Crippen LogP contribution in [0.1, 0.15) is 0 Å². The first-order chi connectivity index (χ1) is 11.0. The minimum atomic E-state index is -4.23. The van der Waals surface area contributed by atoms with E-state index in [9.17, 15) is 17.2 Å². The first kappa shape index (κ1) is 15.1. The molecule has 118 valence electrons. The highest BCUT2D eigenvalue weighted by Gasteiger charge is 2.21. The van der Waals surface area contributed by atoms with Crippen LogP contribution < -0.4 is 4.72 Å². The third kappa shape index (κ3) is 3.04. The van der Waals surface area contributed by atoms with Crippen LogP contribution in [0.5, 0.6) is 0 Å². The quantitative estimate of drug-likeness (QED) is 0.793. The number of hydrogen-bond donors (Lipinski definition) is 1. The molecule has 0 amide bonds. The average Bonchev–Trinajstić information content (AvgIpc) is 3.01. The summed E-state index contributed by atoms with van der Waals surface area (Å²) < 4.78 is 55.0. The molecule has 0 saturated carbocycles. The molecule has 0 bridgehead atoms. The van der Waals surface area contributed by atoms with Gasteiger partial charge in [0.05, 0.1) is 11.4 Å². The van der Waals surface area contributed by atoms with Gasteiger partial charge in [-0.15, -0.1) is 0 Å². The summed E-state index contributed by atoms with van der Waals surface area (Å²) in [6.45, 7) is 0. The van der Waals surface area contributed by atoms with Crippen LogP contribution in [0.3, 0.4) is 0 Å². The summed E-state index contributed by atoms with van der Waals surface area (Å²) in [5.74, 6) is -2.03. The highest BCUT2D eigenvalue weighted by molar-refractivity contribution is 7.92. The van der Waals surface area contributed by atoms with Gasteiger partial charge in [0.1, 0.15) is 29.2 Å². The van der Waals surface area contributed by atoms with Crippen molar-refractivity contribution in [1.29, 1.82) is 0 Å². The Hall–Kier alpha value is -2.81. The predicted octanol–water partition coefficient (Wildman–Crippen LogP) is 2.35. The molecule has 0 aliphatic heterocycles. The second kappa shape index (κ2) is 5.76. The molecule has 2 aromatic carbocycles. The Morgan fingerprint density at radius 3 is 2.57 bits per heavy atom. The van der Waals surface area contributed by atoms with E-state index in [0.29, 0.717) is 11.8 Å². The van der Waals surface area contributed by atoms with E-state index in [1.165, 1.54) is 23.4 Å². The van der Waals surface area contributed by atoms with Gasteiger partial charge in [0.15, 0.2) is 0 Å². The molecule has 6 nitrogen and oxygen atoms in total. The molecule has 9 heteroatoms. The Morgan fingerprint density at radius 1 is 1.09 bits per heavy atom. The Labute approximate surface area is 130 Å². The largest absolute Gasteiger partial charge is 0.277 e. The van der Waals surface area contributed by atoms with Gasteiger partial charge in [-0.2, -0.15) is 5.10 Å². The van der Waals surface area contributed by atoms with Gasteiger partial charge in [-0.05, 0) is 24.3 Å². The lowest BCUT2D eigenvalue weighted by Gasteiger charge is -2.12. The van der Waals surface area contributed by atoms with Gasteiger partial charge in [-0.25, -0.2) is 26.9 Å². The van der Waals surface area contributed by atoms with Crippen LogP contribution in [0.15, 0.2) is 60.0 Å². The molecule has 0 spiro atoms. The highest BCUT2D eigenvalue weighted by atomic mass is 32.2. The second-order valence-corrected chi connectivity index (χ2v) is 6.19. The van der Waals surface area contributed by atoms with E-state index < -0.39 is 26.6 Å². The molecule has 0 atom stereocenters. The van der Waals surface area contributed by atoms with Crippen molar-refractivity contribution in [3.8, 4) is 5.69 Å². The minimum absolute atomic E-state index is 0.182. The van der Waals surface area contributed by atoms with Crippen LogP contribution in [0.4, 0.5) is 14.5 Å². The van der Waals surface area contributed by atoms with Gasteiger partial charge >= 0.3 is 0 Å². The van der Waals surface area contributed by atoms with Crippen molar-refractivity contribution in [2.45, 2.75) is 4.90 Å². The maximum Gasteiger partial charge on any atom is 0.264 e. The van der Waals surface area contributed by atoms with Crippen LogP contribution in [-0.4, -0.2) is 23.2 Å². The number of sulfonamides is 1. The van der Waals surface area contributed by atoms with E-state index in [1.807, 2.05) is 0 Å². The summed E-state index contributed by atoms with van der Waals surface area (Å²) in [6, 6.07) is 8.67. The van der Waals surface area contributed by atoms with E-state index >= 15 is 0 Å². The second-order valence-electron chi connectivity index (χ2n) is 4.54. The molecule has 3 aromatic rings. The van der Waals surface area contributed by atoms with Crippen LogP contribution in [-0.2, 0) is 10.0 Å². The number of nitrogens with zero attached hydrogens (tertiary/aromatic N) is 3. The predicted molar refractivity (Wildman–Crippen MR) is 78.5 cm³/mol. The van der Waals surface area contributed by atoms with Crippen LogP contribution in [0, 0.1) is 11.6 Å². The van der Waals surface area contributed by atoms with E-state index in [0.717, 1.165) is 12.1 Å². The Bertz CT molecular complexity index is 943. The summed E-state index contributed by atoms with van der Waals surface area (Å²) >= 11 is 0. The maximum atomic E-state index is 13.7. The number of anilines is 1. The first-order valence-electron chi connectivity index (χ1n) is 6.39. The smallest absolute Gasteiger partial charge is 0.264 e. The molecule has 1 heterocycles. The van der Waals surface area contributed by atoms with Crippen molar-refractivity contribution in [2.75, 3.05) is 4.72 Å². The number of aromatic nitrogens is 3. The molecular weight excluding hydrogens is 326 g/mol. The van der Waals surface area contributed by atoms with Gasteiger partial charge in [0.25, 0.3) is 10.0 Å².